The number of rotatable bonds is 6. The maximum absolute atomic E-state index is 12.9. The van der Waals surface area contributed by atoms with Crippen LogP contribution in [0.25, 0.3) is 0 Å². The highest BCUT2D eigenvalue weighted by Gasteiger charge is 2.35. The number of nitro benzene ring substituents is 1. The first-order valence-electron chi connectivity index (χ1n) is 9.77. The van der Waals surface area contributed by atoms with E-state index in [-0.39, 0.29) is 17.5 Å². The van der Waals surface area contributed by atoms with Crippen molar-refractivity contribution in [2.24, 2.45) is 5.92 Å². The predicted molar refractivity (Wildman–Crippen MR) is 111 cm³/mol. The second-order valence-electron chi connectivity index (χ2n) is 7.28. The Bertz CT molecular complexity index is 1000. The lowest BCUT2D eigenvalue weighted by atomic mass is 9.95. The number of methoxy groups -OCH3 is 2. The van der Waals surface area contributed by atoms with Gasteiger partial charge >= 0.3 is 6.18 Å². The molecule has 0 aromatic heterocycles. The molecule has 1 N–H and O–H groups in total. The summed E-state index contributed by atoms with van der Waals surface area (Å²) in [6.45, 7) is 0.591. The minimum atomic E-state index is -4.67. The monoisotopic (exact) mass is 453 g/mol. The quantitative estimate of drug-likeness (QED) is 0.512. The molecule has 0 saturated carbocycles. The molecule has 2 aromatic carbocycles. The van der Waals surface area contributed by atoms with E-state index in [2.05, 4.69) is 5.32 Å². The van der Waals surface area contributed by atoms with Gasteiger partial charge in [0.2, 0.25) is 5.91 Å². The molecule has 1 aliphatic heterocycles. The topological polar surface area (TPSA) is 93.9 Å². The highest BCUT2D eigenvalue weighted by Crippen LogP contribution is 2.38. The largest absolute Gasteiger partial charge is 0.497 e. The van der Waals surface area contributed by atoms with Crippen molar-refractivity contribution in [3.05, 3.63) is 52.1 Å². The Hall–Kier alpha value is -3.50. The van der Waals surface area contributed by atoms with Crippen molar-refractivity contribution in [1.82, 2.24) is 0 Å². The molecule has 0 bridgehead atoms. The summed E-state index contributed by atoms with van der Waals surface area (Å²) in [6, 6.07) is 7.48. The normalized spacial score (nSPS) is 14.7. The number of nitrogens with one attached hydrogen (secondary N) is 1. The zero-order valence-electron chi connectivity index (χ0n) is 17.4. The molecule has 3 rings (SSSR count). The molecule has 2 aromatic rings. The number of hydrogen-bond acceptors (Lipinski definition) is 6. The zero-order chi connectivity index (χ0) is 23.5. The molecule has 172 valence electrons. The number of piperidine rings is 1. The van der Waals surface area contributed by atoms with Gasteiger partial charge in [-0.3, -0.25) is 14.9 Å². The van der Waals surface area contributed by atoms with Gasteiger partial charge in [-0.25, -0.2) is 0 Å². The lowest BCUT2D eigenvalue weighted by molar-refractivity contribution is -0.384. The van der Waals surface area contributed by atoms with Gasteiger partial charge in [-0.2, -0.15) is 13.2 Å². The van der Waals surface area contributed by atoms with E-state index < -0.39 is 22.4 Å². The molecular weight excluding hydrogens is 431 g/mol. The number of nitrogens with zero attached hydrogens (tertiary/aromatic N) is 2. The summed E-state index contributed by atoms with van der Waals surface area (Å²) in [5.74, 6) is 0.434. The summed E-state index contributed by atoms with van der Waals surface area (Å²) in [6.07, 6.45) is -3.89. The number of alkyl halides is 3. The Balaban J connectivity index is 1.69. The van der Waals surface area contributed by atoms with E-state index in [1.165, 1.54) is 14.2 Å². The van der Waals surface area contributed by atoms with E-state index in [4.69, 9.17) is 9.47 Å². The van der Waals surface area contributed by atoms with Crippen LogP contribution in [0.1, 0.15) is 18.4 Å². The maximum Gasteiger partial charge on any atom is 0.416 e. The number of halogens is 3. The Morgan fingerprint density at radius 1 is 1.12 bits per heavy atom. The molecule has 1 aliphatic rings. The van der Waals surface area contributed by atoms with Crippen LogP contribution in [0.15, 0.2) is 36.4 Å². The fraction of sp³-hybridized carbons (Fsp3) is 0.381. The molecule has 0 unspecified atom stereocenters. The van der Waals surface area contributed by atoms with Gasteiger partial charge in [-0.15, -0.1) is 0 Å². The summed E-state index contributed by atoms with van der Waals surface area (Å²) < 4.78 is 49.2. The Kier molecular flexibility index (Phi) is 6.75. The van der Waals surface area contributed by atoms with Crippen molar-refractivity contribution < 1.29 is 32.4 Å². The van der Waals surface area contributed by atoms with Gasteiger partial charge in [0.15, 0.2) is 0 Å². The highest BCUT2D eigenvalue weighted by molar-refractivity contribution is 5.94. The molecular formula is C21H22F3N3O5. The summed E-state index contributed by atoms with van der Waals surface area (Å²) in [4.78, 5) is 24.9. The van der Waals surface area contributed by atoms with Gasteiger partial charge in [-0.05, 0) is 37.1 Å². The van der Waals surface area contributed by atoms with E-state index in [0.717, 1.165) is 12.1 Å². The number of carbonyl (C=O) groups excluding carboxylic acids is 1. The Labute approximate surface area is 182 Å². The van der Waals surface area contributed by atoms with Gasteiger partial charge in [0.05, 0.1) is 30.4 Å². The lowest BCUT2D eigenvalue weighted by Crippen LogP contribution is -2.38. The third-order valence-electron chi connectivity index (χ3n) is 5.37. The molecule has 0 aliphatic carbocycles. The summed E-state index contributed by atoms with van der Waals surface area (Å²) in [5, 5.41) is 14.2. The van der Waals surface area contributed by atoms with E-state index >= 15 is 0 Å². The van der Waals surface area contributed by atoms with Crippen molar-refractivity contribution in [3.8, 4) is 11.5 Å². The van der Waals surface area contributed by atoms with Crippen LogP contribution in [-0.4, -0.2) is 38.1 Å². The smallest absolute Gasteiger partial charge is 0.416 e. The predicted octanol–water partition coefficient (Wildman–Crippen LogP) is 4.49. The molecule has 8 nitrogen and oxygen atoms in total. The van der Waals surface area contributed by atoms with E-state index in [1.54, 1.807) is 23.1 Å². The standard InChI is InChI=1S/C21H22F3N3O5/c1-31-15-4-5-16(19(12-15)32-2)25-20(28)13-7-9-26(10-8-13)17-6-3-14(21(22,23)24)11-18(17)27(29)30/h3-6,11-13H,7-10H2,1-2H3,(H,25,28). The van der Waals surface area contributed by atoms with E-state index in [9.17, 15) is 28.1 Å². The number of ether oxygens (including phenoxy) is 2. The molecule has 11 heteroatoms. The minimum absolute atomic E-state index is 0.110. The van der Waals surface area contributed by atoms with Gasteiger partial charge in [-0.1, -0.05) is 0 Å². The van der Waals surface area contributed by atoms with Crippen LogP contribution in [-0.2, 0) is 11.0 Å². The third-order valence-corrected chi connectivity index (χ3v) is 5.37. The molecule has 1 fully saturated rings. The minimum Gasteiger partial charge on any atom is -0.497 e. The maximum atomic E-state index is 12.9. The number of nitro groups is 1. The van der Waals surface area contributed by atoms with Crippen LogP contribution in [0.5, 0.6) is 11.5 Å². The highest BCUT2D eigenvalue weighted by atomic mass is 19.4. The van der Waals surface area contributed by atoms with Crippen molar-refractivity contribution in [3.63, 3.8) is 0 Å². The van der Waals surface area contributed by atoms with E-state index in [0.29, 0.717) is 49.2 Å². The van der Waals surface area contributed by atoms with Crippen LogP contribution < -0.4 is 19.7 Å². The van der Waals surface area contributed by atoms with Gasteiger partial charge in [0.25, 0.3) is 5.69 Å². The van der Waals surface area contributed by atoms with Crippen LogP contribution in [0.4, 0.5) is 30.2 Å². The number of benzene rings is 2. The fourth-order valence-electron chi connectivity index (χ4n) is 3.63. The van der Waals surface area contributed by atoms with Crippen LogP contribution in [0.2, 0.25) is 0 Å². The van der Waals surface area contributed by atoms with Crippen LogP contribution in [0.3, 0.4) is 0 Å². The van der Waals surface area contributed by atoms with Crippen molar-refractivity contribution in [1.29, 1.82) is 0 Å². The average molecular weight is 453 g/mol. The molecule has 1 heterocycles. The molecule has 0 atom stereocenters. The van der Waals surface area contributed by atoms with Crippen LogP contribution >= 0.6 is 0 Å². The second-order valence-corrected chi connectivity index (χ2v) is 7.28. The summed E-state index contributed by atoms with van der Waals surface area (Å²) >= 11 is 0. The SMILES string of the molecule is COc1ccc(NC(=O)C2CCN(c3ccc(C(F)(F)F)cc3[N+](=O)[O-])CC2)c(OC)c1. The van der Waals surface area contributed by atoms with Crippen LogP contribution in [0, 0.1) is 16.0 Å². The molecule has 1 amide bonds. The molecule has 1 saturated heterocycles. The number of amides is 1. The van der Waals surface area contributed by atoms with Crippen molar-refractivity contribution in [2.75, 3.05) is 37.5 Å². The molecule has 0 radical (unpaired) electrons. The van der Waals surface area contributed by atoms with Crippen molar-refractivity contribution >= 4 is 23.0 Å². The number of hydrogen-bond donors (Lipinski definition) is 1. The van der Waals surface area contributed by atoms with E-state index in [1.807, 2.05) is 0 Å². The van der Waals surface area contributed by atoms with Gasteiger partial charge in [0, 0.05) is 31.1 Å². The average Bonchev–Trinajstić information content (AvgIpc) is 2.78. The molecule has 0 spiro atoms. The van der Waals surface area contributed by atoms with Crippen molar-refractivity contribution in [2.45, 2.75) is 19.0 Å². The Morgan fingerprint density at radius 2 is 1.81 bits per heavy atom. The van der Waals surface area contributed by atoms with Gasteiger partial charge < -0.3 is 19.7 Å². The first-order chi connectivity index (χ1) is 15.1. The lowest BCUT2D eigenvalue weighted by Gasteiger charge is -2.32. The first-order valence-corrected chi connectivity index (χ1v) is 9.77. The Morgan fingerprint density at radius 3 is 2.38 bits per heavy atom. The van der Waals surface area contributed by atoms with Gasteiger partial charge in [0.1, 0.15) is 17.2 Å². The third kappa shape index (κ3) is 5.04. The molecule has 32 heavy (non-hydrogen) atoms. The second kappa shape index (κ2) is 9.33. The number of carbonyl (C=O) groups is 1. The summed E-state index contributed by atoms with van der Waals surface area (Å²) in [5.41, 5.74) is -1.08. The zero-order valence-corrected chi connectivity index (χ0v) is 17.4. The fourth-order valence-corrected chi connectivity index (χ4v) is 3.63. The number of anilines is 2. The first kappa shape index (κ1) is 23.2. The summed E-state index contributed by atoms with van der Waals surface area (Å²) in [7, 11) is 2.99.